The van der Waals surface area contributed by atoms with Gasteiger partial charge in [-0.1, -0.05) is 19.8 Å². The van der Waals surface area contributed by atoms with Gasteiger partial charge in [-0.05, 0) is 26.2 Å². The second kappa shape index (κ2) is 7.33. The minimum absolute atomic E-state index is 0.333. The molecule has 0 spiro atoms. The molecule has 1 atom stereocenters. The molecule has 0 radical (unpaired) electrons. The monoisotopic (exact) mass is 315 g/mol. The molecule has 120 valence electrons. The van der Waals surface area contributed by atoms with Crippen LogP contribution >= 0.6 is 0 Å². The van der Waals surface area contributed by atoms with Crippen LogP contribution in [0.15, 0.2) is 6.33 Å². The fraction of sp³-hybridized carbons (Fsp3) is 0.846. The van der Waals surface area contributed by atoms with Crippen LogP contribution in [-0.2, 0) is 16.8 Å². The number of aromatic nitrogens is 3. The first-order valence-electron chi connectivity index (χ1n) is 7.73. The molecule has 7 nitrogen and oxygen atoms in total. The molecule has 0 unspecified atom stereocenters. The third-order valence-corrected chi connectivity index (χ3v) is 5.49. The molecule has 0 bridgehead atoms. The first-order valence-corrected chi connectivity index (χ1v) is 9.17. The van der Waals surface area contributed by atoms with E-state index >= 15 is 0 Å². The summed E-state index contributed by atoms with van der Waals surface area (Å²) in [6.45, 7) is 5.80. The highest BCUT2D eigenvalue weighted by Gasteiger charge is 2.27. The van der Waals surface area contributed by atoms with Crippen molar-refractivity contribution in [3.8, 4) is 0 Å². The van der Waals surface area contributed by atoms with Crippen LogP contribution in [0.2, 0.25) is 0 Å². The van der Waals surface area contributed by atoms with Crippen molar-refractivity contribution in [2.24, 2.45) is 0 Å². The summed E-state index contributed by atoms with van der Waals surface area (Å²) in [7, 11) is -3.47. The summed E-state index contributed by atoms with van der Waals surface area (Å²) < 4.78 is 31.2. The number of aryl methyl sites for hydroxylation is 1. The predicted octanol–water partition coefficient (Wildman–Crippen LogP) is 1.46. The highest BCUT2D eigenvalue weighted by molar-refractivity contribution is 7.87. The Morgan fingerprint density at radius 3 is 2.48 bits per heavy atom. The maximum atomic E-state index is 12.6. The molecule has 1 N–H and O–H groups in total. The Balaban J connectivity index is 2.13. The number of rotatable bonds is 6. The van der Waals surface area contributed by atoms with Crippen LogP contribution in [0.1, 0.15) is 57.8 Å². The van der Waals surface area contributed by atoms with Gasteiger partial charge in [-0.25, -0.2) is 9.67 Å². The highest BCUT2D eigenvalue weighted by atomic mass is 32.2. The van der Waals surface area contributed by atoms with Crippen molar-refractivity contribution < 1.29 is 8.42 Å². The maximum absolute atomic E-state index is 12.6. The van der Waals surface area contributed by atoms with Crippen LogP contribution in [0.4, 0.5) is 0 Å². The molecule has 1 aromatic heterocycles. The van der Waals surface area contributed by atoms with E-state index < -0.39 is 10.2 Å². The Morgan fingerprint density at radius 2 is 1.90 bits per heavy atom. The summed E-state index contributed by atoms with van der Waals surface area (Å²) in [5.41, 5.74) is 0. The number of nitrogens with one attached hydrogen (secondary N) is 1. The maximum Gasteiger partial charge on any atom is 0.280 e. The van der Waals surface area contributed by atoms with E-state index in [1.165, 1.54) is 6.33 Å². The summed E-state index contributed by atoms with van der Waals surface area (Å²) in [6, 6.07) is -0.333. The lowest BCUT2D eigenvalue weighted by Gasteiger charge is -2.24. The molecule has 1 saturated heterocycles. The van der Waals surface area contributed by atoms with Crippen LogP contribution in [0, 0.1) is 0 Å². The van der Waals surface area contributed by atoms with Crippen LogP contribution < -0.4 is 4.72 Å². The number of hydrogen-bond donors (Lipinski definition) is 1. The van der Waals surface area contributed by atoms with Crippen LogP contribution in [0.5, 0.6) is 0 Å². The quantitative estimate of drug-likeness (QED) is 0.862. The van der Waals surface area contributed by atoms with E-state index in [-0.39, 0.29) is 6.04 Å². The van der Waals surface area contributed by atoms with Gasteiger partial charge in [0, 0.05) is 19.6 Å². The van der Waals surface area contributed by atoms with Crippen LogP contribution in [0.25, 0.3) is 0 Å². The van der Waals surface area contributed by atoms with E-state index in [1.807, 2.05) is 13.8 Å². The van der Waals surface area contributed by atoms with E-state index in [1.54, 1.807) is 8.99 Å². The van der Waals surface area contributed by atoms with Crippen LogP contribution in [0.3, 0.4) is 0 Å². The Labute approximate surface area is 126 Å². The van der Waals surface area contributed by atoms with E-state index in [9.17, 15) is 8.42 Å². The number of nitrogens with zero attached hydrogens (tertiary/aromatic N) is 4. The van der Waals surface area contributed by atoms with Crippen molar-refractivity contribution in [1.82, 2.24) is 23.8 Å². The molecule has 1 aromatic rings. The smallest absolute Gasteiger partial charge is 0.249 e. The normalized spacial score (nSPS) is 19.3. The largest absolute Gasteiger partial charge is 0.280 e. The van der Waals surface area contributed by atoms with Gasteiger partial charge >= 0.3 is 0 Å². The van der Waals surface area contributed by atoms with Crippen molar-refractivity contribution in [3.63, 3.8) is 0 Å². The Bertz CT molecular complexity index is 535. The molecule has 2 heterocycles. The molecule has 8 heteroatoms. The summed E-state index contributed by atoms with van der Waals surface area (Å²) in [5, 5.41) is 4.12. The van der Waals surface area contributed by atoms with Crippen molar-refractivity contribution in [2.45, 2.75) is 58.5 Å². The van der Waals surface area contributed by atoms with Gasteiger partial charge in [0.15, 0.2) is 0 Å². The van der Waals surface area contributed by atoms with Crippen molar-refractivity contribution >= 4 is 10.2 Å². The molecule has 21 heavy (non-hydrogen) atoms. The second-order valence-corrected chi connectivity index (χ2v) is 7.03. The average molecular weight is 315 g/mol. The standard InChI is InChI=1S/C13H25N5O2S/c1-3-12(13-14-11-15-18(13)4-2)16-21(19,20)17-9-7-5-6-8-10-17/h11-12,16H,3-10H2,1-2H3/t12-/m0/s1. The topological polar surface area (TPSA) is 80.1 Å². The van der Waals surface area contributed by atoms with Crippen molar-refractivity contribution in [2.75, 3.05) is 13.1 Å². The van der Waals surface area contributed by atoms with E-state index in [2.05, 4.69) is 14.8 Å². The van der Waals surface area contributed by atoms with E-state index in [4.69, 9.17) is 0 Å². The lowest BCUT2D eigenvalue weighted by molar-refractivity contribution is 0.401. The van der Waals surface area contributed by atoms with Gasteiger partial charge in [0.25, 0.3) is 10.2 Å². The Morgan fingerprint density at radius 1 is 1.24 bits per heavy atom. The van der Waals surface area contributed by atoms with Crippen molar-refractivity contribution in [1.29, 1.82) is 0 Å². The lowest BCUT2D eigenvalue weighted by Crippen LogP contribution is -2.43. The first-order chi connectivity index (χ1) is 10.1. The Hall–Kier alpha value is -0.990. The fourth-order valence-electron chi connectivity index (χ4n) is 2.64. The van der Waals surface area contributed by atoms with Gasteiger partial charge in [0.1, 0.15) is 12.2 Å². The molecule has 1 aliphatic heterocycles. The summed E-state index contributed by atoms with van der Waals surface area (Å²) in [6.07, 6.45) is 6.19. The third kappa shape index (κ3) is 4.02. The summed E-state index contributed by atoms with van der Waals surface area (Å²) in [5.74, 6) is 0.679. The zero-order valence-corrected chi connectivity index (χ0v) is 13.6. The van der Waals surface area contributed by atoms with Crippen molar-refractivity contribution in [3.05, 3.63) is 12.2 Å². The van der Waals surface area contributed by atoms with E-state index in [0.717, 1.165) is 25.7 Å². The number of hydrogen-bond acceptors (Lipinski definition) is 4. The summed E-state index contributed by atoms with van der Waals surface area (Å²) >= 11 is 0. The van der Waals surface area contributed by atoms with Gasteiger partial charge in [-0.2, -0.15) is 22.5 Å². The molecule has 1 aliphatic rings. The Kier molecular flexibility index (Phi) is 5.72. The van der Waals surface area contributed by atoms with Gasteiger partial charge in [-0.15, -0.1) is 0 Å². The van der Waals surface area contributed by atoms with E-state index in [0.29, 0.717) is 31.9 Å². The zero-order chi connectivity index (χ0) is 15.3. The summed E-state index contributed by atoms with van der Waals surface area (Å²) in [4.78, 5) is 4.21. The SMILES string of the molecule is CC[C@H](NS(=O)(=O)N1CCCCCC1)c1ncnn1CC. The molecule has 0 amide bonds. The van der Waals surface area contributed by atoms with Gasteiger partial charge < -0.3 is 0 Å². The molecule has 0 aliphatic carbocycles. The van der Waals surface area contributed by atoms with Crippen LogP contribution in [-0.4, -0.2) is 40.6 Å². The molecular weight excluding hydrogens is 290 g/mol. The second-order valence-electron chi connectivity index (χ2n) is 5.33. The highest BCUT2D eigenvalue weighted by Crippen LogP contribution is 2.18. The molecule has 0 aromatic carbocycles. The minimum atomic E-state index is -3.47. The van der Waals surface area contributed by atoms with Gasteiger partial charge in [0.2, 0.25) is 0 Å². The van der Waals surface area contributed by atoms with Gasteiger partial charge in [-0.3, -0.25) is 0 Å². The first kappa shape index (κ1) is 16.4. The minimum Gasteiger partial charge on any atom is -0.249 e. The predicted molar refractivity (Wildman–Crippen MR) is 80.8 cm³/mol. The third-order valence-electron chi connectivity index (χ3n) is 3.86. The van der Waals surface area contributed by atoms with Gasteiger partial charge in [0.05, 0.1) is 6.04 Å². The molecule has 0 saturated carbocycles. The lowest BCUT2D eigenvalue weighted by atomic mass is 10.2. The zero-order valence-electron chi connectivity index (χ0n) is 12.8. The fourth-order valence-corrected chi connectivity index (χ4v) is 4.16. The molecule has 1 fully saturated rings. The molecular formula is C13H25N5O2S. The average Bonchev–Trinajstić information content (AvgIpc) is 2.76. The molecule has 2 rings (SSSR count).